The highest BCUT2D eigenvalue weighted by atomic mass is 32.2. The smallest absolute Gasteiger partial charge is 0.266 e. The third kappa shape index (κ3) is 7.46. The fourth-order valence-corrected chi connectivity index (χ4v) is 7.32. The van der Waals surface area contributed by atoms with E-state index in [1.165, 1.54) is 52.4 Å². The van der Waals surface area contributed by atoms with Gasteiger partial charge in [0.25, 0.3) is 5.56 Å². The molecule has 1 aliphatic heterocycles. The highest BCUT2D eigenvalue weighted by Gasteiger charge is 2.30. The van der Waals surface area contributed by atoms with E-state index in [9.17, 15) is 26.8 Å². The lowest BCUT2D eigenvalue weighted by molar-refractivity contribution is -0.123. The molecule has 254 valence electrons. The Morgan fingerprint density at radius 2 is 1.59 bits per heavy atom. The van der Waals surface area contributed by atoms with Crippen molar-refractivity contribution in [1.29, 1.82) is 0 Å². The zero-order valence-corrected chi connectivity index (χ0v) is 27.4. The number of nitrogen functional groups attached to an aromatic ring is 1. The van der Waals surface area contributed by atoms with Crippen LogP contribution in [0.15, 0.2) is 101 Å². The minimum atomic E-state index is -3.74. The Labute approximate surface area is 281 Å². The molecule has 0 aliphatic carbocycles. The first-order valence-electron chi connectivity index (χ1n) is 15.5. The molecule has 3 N–H and O–H groups in total. The van der Waals surface area contributed by atoms with Crippen molar-refractivity contribution in [1.82, 2.24) is 24.1 Å². The fourth-order valence-electron chi connectivity index (χ4n) is 5.90. The molecule has 49 heavy (non-hydrogen) atoms. The van der Waals surface area contributed by atoms with Gasteiger partial charge in [-0.05, 0) is 78.4 Å². The topological polar surface area (TPSA) is 140 Å². The van der Waals surface area contributed by atoms with Gasteiger partial charge in [0.05, 0.1) is 41.2 Å². The molecule has 1 fully saturated rings. The van der Waals surface area contributed by atoms with E-state index in [4.69, 9.17) is 15.5 Å². The standard InChI is InChI=1S/C35H34F2N6O5S/c1-48-28-10-8-27(9-11-28)43-34(40-31-5-3-2-4-30(31)35(43)45)32(20-23-18-24(36)21-25(37)19-23)39-33(44)22-41-14-16-42(17-15-41)49(46,47)29-12-6-26(38)7-13-29/h2-13,18-19,21,32H,14-17,20,22,38H2,1H3,(H,39,44)/t32-/m0/s1. The van der Waals surface area contributed by atoms with Crippen molar-refractivity contribution in [3.8, 4) is 11.4 Å². The Hall–Kier alpha value is -5.18. The number of hydrogen-bond acceptors (Lipinski definition) is 8. The van der Waals surface area contributed by atoms with Gasteiger partial charge in [0.15, 0.2) is 0 Å². The van der Waals surface area contributed by atoms with Crippen LogP contribution in [0.5, 0.6) is 5.75 Å². The Kier molecular flexibility index (Phi) is 9.72. The number of nitrogens with two attached hydrogens (primary N) is 1. The lowest BCUT2D eigenvalue weighted by Gasteiger charge is -2.34. The maximum Gasteiger partial charge on any atom is 0.266 e. The number of nitrogens with one attached hydrogen (secondary N) is 1. The molecule has 1 aliphatic rings. The first-order chi connectivity index (χ1) is 23.5. The molecule has 0 radical (unpaired) electrons. The van der Waals surface area contributed by atoms with Crippen LogP contribution in [0.25, 0.3) is 16.6 Å². The van der Waals surface area contributed by atoms with Crippen LogP contribution in [0.1, 0.15) is 17.4 Å². The minimum absolute atomic E-state index is 0.0883. The molecule has 4 aromatic carbocycles. The maximum absolute atomic E-state index is 14.3. The average molecular weight is 689 g/mol. The predicted octanol–water partition coefficient (Wildman–Crippen LogP) is 3.66. The van der Waals surface area contributed by atoms with E-state index < -0.39 is 39.2 Å². The van der Waals surface area contributed by atoms with E-state index in [2.05, 4.69) is 5.32 Å². The number of benzene rings is 4. The van der Waals surface area contributed by atoms with Gasteiger partial charge in [0.1, 0.15) is 23.2 Å². The van der Waals surface area contributed by atoms with Gasteiger partial charge >= 0.3 is 0 Å². The molecule has 5 aromatic rings. The Balaban J connectivity index is 1.29. The first kappa shape index (κ1) is 33.7. The molecule has 0 spiro atoms. The Bertz CT molecular complexity index is 2130. The summed E-state index contributed by atoms with van der Waals surface area (Å²) >= 11 is 0. The van der Waals surface area contributed by atoms with Crippen LogP contribution in [-0.4, -0.2) is 72.9 Å². The third-order valence-corrected chi connectivity index (χ3v) is 10.3. The van der Waals surface area contributed by atoms with Gasteiger partial charge in [-0.1, -0.05) is 12.1 Å². The summed E-state index contributed by atoms with van der Waals surface area (Å²) in [7, 11) is -2.22. The number of methoxy groups -OCH3 is 1. The third-order valence-electron chi connectivity index (χ3n) is 8.36. The number of fused-ring (bicyclic) bond motifs is 1. The molecule has 0 bridgehead atoms. The van der Waals surface area contributed by atoms with Gasteiger partial charge in [0, 0.05) is 44.4 Å². The normalized spacial score (nSPS) is 14.8. The van der Waals surface area contributed by atoms with Crippen molar-refractivity contribution >= 4 is 32.5 Å². The summed E-state index contributed by atoms with van der Waals surface area (Å²) in [4.78, 5) is 34.4. The monoisotopic (exact) mass is 688 g/mol. The van der Waals surface area contributed by atoms with E-state index >= 15 is 0 Å². The van der Waals surface area contributed by atoms with Crippen LogP contribution >= 0.6 is 0 Å². The number of anilines is 1. The summed E-state index contributed by atoms with van der Waals surface area (Å²) in [6.45, 7) is 0.799. The first-order valence-corrected chi connectivity index (χ1v) is 16.9. The number of ether oxygens (including phenoxy) is 1. The minimum Gasteiger partial charge on any atom is -0.497 e. The second kappa shape index (κ2) is 14.1. The highest BCUT2D eigenvalue weighted by Crippen LogP contribution is 2.25. The molecule has 0 saturated carbocycles. The van der Waals surface area contributed by atoms with Crippen molar-refractivity contribution in [2.75, 3.05) is 45.6 Å². The lowest BCUT2D eigenvalue weighted by atomic mass is 10.0. The van der Waals surface area contributed by atoms with Gasteiger partial charge < -0.3 is 15.8 Å². The zero-order valence-electron chi connectivity index (χ0n) is 26.6. The molecular formula is C35H34F2N6O5S. The number of piperazine rings is 1. The maximum atomic E-state index is 14.3. The van der Waals surface area contributed by atoms with Crippen molar-refractivity contribution < 1.29 is 26.7 Å². The van der Waals surface area contributed by atoms with Crippen molar-refractivity contribution in [2.24, 2.45) is 0 Å². The van der Waals surface area contributed by atoms with Crippen molar-refractivity contribution in [3.05, 3.63) is 124 Å². The fraction of sp³-hybridized carbons (Fsp3) is 0.229. The number of amides is 1. The average Bonchev–Trinajstić information content (AvgIpc) is 3.08. The molecule has 0 unspecified atom stereocenters. The number of nitrogens with zero attached hydrogens (tertiary/aromatic N) is 4. The quantitative estimate of drug-likeness (QED) is 0.212. The number of rotatable bonds is 10. The molecule has 2 heterocycles. The van der Waals surface area contributed by atoms with E-state index in [0.29, 0.717) is 28.0 Å². The summed E-state index contributed by atoms with van der Waals surface area (Å²) in [5.74, 6) is -1.29. The highest BCUT2D eigenvalue weighted by molar-refractivity contribution is 7.89. The molecule has 1 saturated heterocycles. The number of halogens is 2. The van der Waals surface area contributed by atoms with Crippen LogP contribution in [0, 0.1) is 11.6 Å². The number of aromatic nitrogens is 2. The Morgan fingerprint density at radius 3 is 2.24 bits per heavy atom. The van der Waals surface area contributed by atoms with Gasteiger partial charge in [-0.25, -0.2) is 22.2 Å². The van der Waals surface area contributed by atoms with Gasteiger partial charge in [-0.15, -0.1) is 0 Å². The summed E-state index contributed by atoms with van der Waals surface area (Å²) in [6, 6.07) is 21.6. The molecule has 11 nitrogen and oxygen atoms in total. The second-order valence-corrected chi connectivity index (χ2v) is 13.6. The van der Waals surface area contributed by atoms with E-state index in [1.807, 2.05) is 4.90 Å². The number of carbonyl (C=O) groups is 1. The van der Waals surface area contributed by atoms with Crippen LogP contribution in [-0.2, 0) is 21.2 Å². The predicted molar refractivity (Wildman–Crippen MR) is 181 cm³/mol. The SMILES string of the molecule is COc1ccc(-n2c([C@H](Cc3cc(F)cc(F)c3)NC(=O)CN3CCN(S(=O)(=O)c4ccc(N)cc4)CC3)nc3ccccc3c2=O)cc1. The molecule has 1 atom stereocenters. The summed E-state index contributed by atoms with van der Waals surface area (Å²) in [5, 5.41) is 3.29. The van der Waals surface area contributed by atoms with Crippen LogP contribution in [0.3, 0.4) is 0 Å². The molecule has 14 heteroatoms. The summed E-state index contributed by atoms with van der Waals surface area (Å²) in [5.41, 5.74) is 6.84. The van der Waals surface area contributed by atoms with Gasteiger partial charge in [-0.3, -0.25) is 19.1 Å². The Morgan fingerprint density at radius 1 is 0.939 bits per heavy atom. The van der Waals surface area contributed by atoms with Crippen LogP contribution in [0.2, 0.25) is 0 Å². The van der Waals surface area contributed by atoms with Crippen molar-refractivity contribution in [3.63, 3.8) is 0 Å². The number of carbonyl (C=O) groups excluding carboxylic acids is 1. The van der Waals surface area contributed by atoms with E-state index in [1.54, 1.807) is 48.5 Å². The van der Waals surface area contributed by atoms with Gasteiger partial charge in [-0.2, -0.15) is 4.31 Å². The van der Waals surface area contributed by atoms with E-state index in [-0.39, 0.29) is 55.4 Å². The molecule has 6 rings (SSSR count). The number of hydrogen-bond donors (Lipinski definition) is 2. The lowest BCUT2D eigenvalue weighted by Crippen LogP contribution is -2.51. The van der Waals surface area contributed by atoms with Gasteiger partial charge in [0.2, 0.25) is 15.9 Å². The van der Waals surface area contributed by atoms with Crippen molar-refractivity contribution in [2.45, 2.75) is 17.4 Å². The molecule has 1 aromatic heterocycles. The van der Waals surface area contributed by atoms with E-state index in [0.717, 1.165) is 6.07 Å². The molecule has 1 amide bonds. The molecular weight excluding hydrogens is 654 g/mol. The summed E-state index contributed by atoms with van der Waals surface area (Å²) < 4.78 is 62.9. The van der Waals surface area contributed by atoms with Crippen LogP contribution < -0.4 is 21.3 Å². The number of sulfonamides is 1. The van der Waals surface area contributed by atoms with Crippen LogP contribution in [0.4, 0.5) is 14.5 Å². The second-order valence-electron chi connectivity index (χ2n) is 11.7. The summed E-state index contributed by atoms with van der Waals surface area (Å²) in [6.07, 6.45) is -0.0883. The zero-order chi connectivity index (χ0) is 34.7. The number of para-hydroxylation sites is 1. The largest absolute Gasteiger partial charge is 0.497 e.